The standard InChI is InChI=1S/C15H29N3O2/c1-2-3-12-20-15(19)18-10-8-17(9-11-18)13-14-4-6-16-7-5-14/h14,16H,2-13H2,1H3. The van der Waals surface area contributed by atoms with E-state index in [1.807, 2.05) is 4.90 Å². The molecule has 0 aromatic rings. The zero-order valence-corrected chi connectivity index (χ0v) is 12.8. The predicted octanol–water partition coefficient (Wildman–Crippen LogP) is 1.54. The van der Waals surface area contributed by atoms with Crippen LogP contribution in [0.15, 0.2) is 0 Å². The molecular weight excluding hydrogens is 254 g/mol. The molecule has 0 aromatic heterocycles. The van der Waals surface area contributed by atoms with Crippen molar-refractivity contribution in [2.24, 2.45) is 5.92 Å². The number of piperidine rings is 1. The molecule has 2 saturated heterocycles. The fourth-order valence-electron chi connectivity index (χ4n) is 2.94. The average Bonchev–Trinajstić information content (AvgIpc) is 2.49. The lowest BCUT2D eigenvalue weighted by Crippen LogP contribution is -2.50. The molecular formula is C15H29N3O2. The summed E-state index contributed by atoms with van der Waals surface area (Å²) in [4.78, 5) is 16.2. The van der Waals surface area contributed by atoms with Gasteiger partial charge in [0.2, 0.25) is 0 Å². The number of amides is 1. The number of hydrogen-bond donors (Lipinski definition) is 1. The second kappa shape index (κ2) is 8.47. The molecule has 0 aliphatic carbocycles. The van der Waals surface area contributed by atoms with Crippen LogP contribution in [0.3, 0.4) is 0 Å². The third-order valence-corrected chi connectivity index (χ3v) is 4.33. The van der Waals surface area contributed by atoms with Crippen molar-refractivity contribution in [1.82, 2.24) is 15.1 Å². The van der Waals surface area contributed by atoms with Gasteiger partial charge in [-0.2, -0.15) is 0 Å². The number of unbranched alkanes of at least 4 members (excludes halogenated alkanes) is 1. The van der Waals surface area contributed by atoms with Crippen molar-refractivity contribution in [3.05, 3.63) is 0 Å². The summed E-state index contributed by atoms with van der Waals surface area (Å²) in [7, 11) is 0. The molecule has 5 nitrogen and oxygen atoms in total. The Bertz CT molecular complexity index is 285. The molecule has 2 aliphatic heterocycles. The minimum absolute atomic E-state index is 0.125. The molecule has 2 fully saturated rings. The summed E-state index contributed by atoms with van der Waals surface area (Å²) in [6.45, 7) is 9.80. The Morgan fingerprint density at radius 2 is 1.90 bits per heavy atom. The van der Waals surface area contributed by atoms with Gasteiger partial charge in [0.05, 0.1) is 6.61 Å². The Kier molecular flexibility index (Phi) is 6.60. The summed E-state index contributed by atoms with van der Waals surface area (Å²) in [5, 5.41) is 3.41. The minimum atomic E-state index is -0.125. The van der Waals surface area contributed by atoms with Crippen LogP contribution in [0.1, 0.15) is 32.6 Å². The molecule has 0 atom stereocenters. The van der Waals surface area contributed by atoms with Crippen LogP contribution in [0.2, 0.25) is 0 Å². The highest BCUT2D eigenvalue weighted by atomic mass is 16.6. The third-order valence-electron chi connectivity index (χ3n) is 4.33. The first kappa shape index (κ1) is 15.6. The number of rotatable bonds is 5. The number of nitrogens with one attached hydrogen (secondary N) is 1. The molecule has 1 amide bonds. The van der Waals surface area contributed by atoms with E-state index in [0.717, 1.165) is 58.0 Å². The first-order valence-corrected chi connectivity index (χ1v) is 8.14. The van der Waals surface area contributed by atoms with Crippen molar-refractivity contribution < 1.29 is 9.53 Å². The summed E-state index contributed by atoms with van der Waals surface area (Å²) in [5.41, 5.74) is 0. The highest BCUT2D eigenvalue weighted by Crippen LogP contribution is 2.15. The van der Waals surface area contributed by atoms with Gasteiger partial charge in [0.25, 0.3) is 0 Å². The Morgan fingerprint density at radius 3 is 2.55 bits per heavy atom. The Hall–Kier alpha value is -0.810. The van der Waals surface area contributed by atoms with Crippen LogP contribution in [0.5, 0.6) is 0 Å². The van der Waals surface area contributed by atoms with Crippen molar-refractivity contribution in [1.29, 1.82) is 0 Å². The van der Waals surface area contributed by atoms with Crippen LogP contribution >= 0.6 is 0 Å². The van der Waals surface area contributed by atoms with E-state index in [0.29, 0.717) is 6.61 Å². The SMILES string of the molecule is CCCCOC(=O)N1CCN(CC2CCNCC2)CC1. The van der Waals surface area contributed by atoms with Gasteiger partial charge in [-0.1, -0.05) is 13.3 Å². The van der Waals surface area contributed by atoms with Crippen LogP contribution in [-0.2, 0) is 4.74 Å². The molecule has 116 valence electrons. The molecule has 2 aliphatic rings. The van der Waals surface area contributed by atoms with Crippen molar-refractivity contribution in [3.8, 4) is 0 Å². The minimum Gasteiger partial charge on any atom is -0.449 e. The molecule has 5 heteroatoms. The van der Waals surface area contributed by atoms with E-state index >= 15 is 0 Å². The zero-order chi connectivity index (χ0) is 14.2. The lowest BCUT2D eigenvalue weighted by atomic mass is 9.97. The molecule has 0 radical (unpaired) electrons. The predicted molar refractivity (Wildman–Crippen MR) is 79.9 cm³/mol. The number of hydrogen-bond acceptors (Lipinski definition) is 4. The topological polar surface area (TPSA) is 44.8 Å². The maximum atomic E-state index is 11.8. The molecule has 0 spiro atoms. The summed E-state index contributed by atoms with van der Waals surface area (Å²) >= 11 is 0. The van der Waals surface area contributed by atoms with Crippen molar-refractivity contribution in [3.63, 3.8) is 0 Å². The van der Waals surface area contributed by atoms with E-state index < -0.39 is 0 Å². The molecule has 1 N–H and O–H groups in total. The fraction of sp³-hybridized carbons (Fsp3) is 0.933. The van der Waals surface area contributed by atoms with Gasteiger partial charge in [-0.25, -0.2) is 4.79 Å². The van der Waals surface area contributed by atoms with E-state index in [-0.39, 0.29) is 6.09 Å². The molecule has 2 heterocycles. The lowest BCUT2D eigenvalue weighted by molar-refractivity contribution is 0.0697. The van der Waals surface area contributed by atoms with Crippen LogP contribution in [0, 0.1) is 5.92 Å². The molecule has 0 unspecified atom stereocenters. The van der Waals surface area contributed by atoms with Crippen molar-refractivity contribution >= 4 is 6.09 Å². The van der Waals surface area contributed by atoms with Crippen molar-refractivity contribution in [2.45, 2.75) is 32.6 Å². The van der Waals surface area contributed by atoms with Gasteiger partial charge in [0.15, 0.2) is 0 Å². The maximum absolute atomic E-state index is 11.8. The van der Waals surface area contributed by atoms with E-state index in [1.54, 1.807) is 0 Å². The van der Waals surface area contributed by atoms with Gasteiger partial charge < -0.3 is 15.0 Å². The Balaban J connectivity index is 1.62. The lowest BCUT2D eigenvalue weighted by Gasteiger charge is -2.36. The average molecular weight is 283 g/mol. The normalized spacial score (nSPS) is 21.9. The number of piperazine rings is 1. The van der Waals surface area contributed by atoms with Gasteiger partial charge >= 0.3 is 6.09 Å². The largest absolute Gasteiger partial charge is 0.449 e. The molecule has 2 rings (SSSR count). The fourth-order valence-corrected chi connectivity index (χ4v) is 2.94. The smallest absolute Gasteiger partial charge is 0.409 e. The Morgan fingerprint density at radius 1 is 1.20 bits per heavy atom. The van der Waals surface area contributed by atoms with Crippen LogP contribution < -0.4 is 5.32 Å². The van der Waals surface area contributed by atoms with Crippen molar-refractivity contribution in [2.75, 3.05) is 52.4 Å². The highest BCUT2D eigenvalue weighted by molar-refractivity contribution is 5.67. The van der Waals surface area contributed by atoms with Gasteiger partial charge in [-0.05, 0) is 38.3 Å². The van der Waals surface area contributed by atoms with E-state index in [2.05, 4.69) is 17.1 Å². The first-order chi connectivity index (χ1) is 9.79. The molecule has 0 bridgehead atoms. The maximum Gasteiger partial charge on any atom is 0.409 e. The van der Waals surface area contributed by atoms with Gasteiger partial charge in [-0.3, -0.25) is 4.90 Å². The number of carbonyl (C=O) groups is 1. The van der Waals surface area contributed by atoms with Crippen LogP contribution in [0.4, 0.5) is 4.79 Å². The Labute approximate surface area is 122 Å². The molecule has 20 heavy (non-hydrogen) atoms. The second-order valence-corrected chi connectivity index (χ2v) is 5.95. The van der Waals surface area contributed by atoms with Gasteiger partial charge in [-0.15, -0.1) is 0 Å². The number of carbonyl (C=O) groups excluding carboxylic acids is 1. The summed E-state index contributed by atoms with van der Waals surface area (Å²) < 4.78 is 5.27. The van der Waals surface area contributed by atoms with E-state index in [1.165, 1.54) is 19.4 Å². The van der Waals surface area contributed by atoms with E-state index in [9.17, 15) is 4.79 Å². The summed E-state index contributed by atoms with van der Waals surface area (Å²) in [6, 6.07) is 0. The summed E-state index contributed by atoms with van der Waals surface area (Å²) in [5.74, 6) is 0.833. The number of nitrogens with zero attached hydrogens (tertiary/aromatic N) is 2. The quantitative estimate of drug-likeness (QED) is 0.777. The molecule has 0 saturated carbocycles. The second-order valence-electron chi connectivity index (χ2n) is 5.95. The monoisotopic (exact) mass is 283 g/mol. The molecule has 0 aromatic carbocycles. The van der Waals surface area contributed by atoms with Crippen LogP contribution in [0.25, 0.3) is 0 Å². The highest BCUT2D eigenvalue weighted by Gasteiger charge is 2.24. The first-order valence-electron chi connectivity index (χ1n) is 8.14. The summed E-state index contributed by atoms with van der Waals surface area (Å²) in [6.07, 6.45) is 4.48. The van der Waals surface area contributed by atoms with Gasteiger partial charge in [0.1, 0.15) is 0 Å². The van der Waals surface area contributed by atoms with Gasteiger partial charge in [0, 0.05) is 32.7 Å². The van der Waals surface area contributed by atoms with Crippen LogP contribution in [-0.4, -0.2) is 68.3 Å². The van der Waals surface area contributed by atoms with E-state index in [4.69, 9.17) is 4.74 Å². The number of ether oxygens (including phenoxy) is 1. The zero-order valence-electron chi connectivity index (χ0n) is 12.8. The third kappa shape index (κ3) is 4.94.